The topological polar surface area (TPSA) is 64.2 Å². The fraction of sp³-hybridized carbons (Fsp3) is 0.412. The molecule has 2 N–H and O–H groups in total. The summed E-state index contributed by atoms with van der Waals surface area (Å²) in [6, 6.07) is 9.47. The lowest BCUT2D eigenvalue weighted by molar-refractivity contribution is -0.136. The fourth-order valence-corrected chi connectivity index (χ4v) is 2.52. The third-order valence-corrected chi connectivity index (χ3v) is 3.94. The van der Waals surface area contributed by atoms with E-state index < -0.39 is 0 Å². The van der Waals surface area contributed by atoms with E-state index in [-0.39, 0.29) is 17.9 Å². The summed E-state index contributed by atoms with van der Waals surface area (Å²) in [7, 11) is 1.87. The van der Waals surface area contributed by atoms with Gasteiger partial charge in [0.2, 0.25) is 5.91 Å². The van der Waals surface area contributed by atoms with Gasteiger partial charge in [-0.1, -0.05) is 37.3 Å². The van der Waals surface area contributed by atoms with Gasteiger partial charge in [0.25, 0.3) is 0 Å². The minimum Gasteiger partial charge on any atom is -0.338 e. The summed E-state index contributed by atoms with van der Waals surface area (Å²) in [5, 5.41) is 4.14. The van der Waals surface area contributed by atoms with Gasteiger partial charge in [-0.15, -0.1) is 0 Å². The van der Waals surface area contributed by atoms with Crippen molar-refractivity contribution in [2.24, 2.45) is 18.7 Å². The number of amides is 1. The molecule has 2 aromatic rings. The highest BCUT2D eigenvalue weighted by Crippen LogP contribution is 2.21. The van der Waals surface area contributed by atoms with Crippen molar-refractivity contribution in [2.45, 2.75) is 26.4 Å². The summed E-state index contributed by atoms with van der Waals surface area (Å²) in [4.78, 5) is 14.5. The quantitative estimate of drug-likeness (QED) is 0.888. The van der Waals surface area contributed by atoms with Crippen LogP contribution in [-0.2, 0) is 18.4 Å². The molecule has 0 aliphatic carbocycles. The Hall–Kier alpha value is -2.14. The molecule has 5 nitrogen and oxygen atoms in total. The molecular formula is C17H24N4O. The molecule has 0 aliphatic heterocycles. The number of benzene rings is 1. The molecule has 2 rings (SSSR count). The Morgan fingerprint density at radius 2 is 2.05 bits per heavy atom. The van der Waals surface area contributed by atoms with Crippen molar-refractivity contribution in [2.75, 3.05) is 6.54 Å². The summed E-state index contributed by atoms with van der Waals surface area (Å²) in [5.41, 5.74) is 8.28. The van der Waals surface area contributed by atoms with E-state index in [1.54, 1.807) is 10.9 Å². The second-order valence-electron chi connectivity index (χ2n) is 5.60. The number of aryl methyl sites for hydroxylation is 1. The number of hydrogen-bond acceptors (Lipinski definition) is 3. The van der Waals surface area contributed by atoms with Crippen LogP contribution in [0.2, 0.25) is 0 Å². The van der Waals surface area contributed by atoms with E-state index in [1.807, 2.05) is 62.3 Å². The molecule has 0 radical (unpaired) electrons. The largest absolute Gasteiger partial charge is 0.338 e. The highest BCUT2D eigenvalue weighted by atomic mass is 16.2. The van der Waals surface area contributed by atoms with E-state index in [4.69, 9.17) is 5.73 Å². The van der Waals surface area contributed by atoms with E-state index in [0.29, 0.717) is 13.1 Å². The number of nitrogens with zero attached hydrogens (tertiary/aromatic N) is 3. The van der Waals surface area contributed by atoms with Gasteiger partial charge in [0.15, 0.2) is 0 Å². The summed E-state index contributed by atoms with van der Waals surface area (Å²) in [6.07, 6.45) is 3.72. The van der Waals surface area contributed by atoms with Crippen molar-refractivity contribution in [1.29, 1.82) is 0 Å². The Bertz CT molecular complexity index is 608. The smallest absolute Gasteiger partial charge is 0.227 e. The minimum atomic E-state index is -0.295. The molecule has 118 valence electrons. The normalized spacial score (nSPS) is 13.6. The first-order valence-corrected chi connectivity index (χ1v) is 7.59. The Balaban J connectivity index is 2.07. The molecule has 0 aliphatic rings. The molecule has 0 fully saturated rings. The van der Waals surface area contributed by atoms with Crippen LogP contribution in [0.4, 0.5) is 0 Å². The maximum absolute atomic E-state index is 12.7. The lowest BCUT2D eigenvalue weighted by Gasteiger charge is -2.27. The van der Waals surface area contributed by atoms with Gasteiger partial charge in [0, 0.05) is 37.9 Å². The van der Waals surface area contributed by atoms with Crippen LogP contribution < -0.4 is 5.73 Å². The number of carbonyl (C=O) groups excluding carboxylic acids is 1. The Labute approximate surface area is 131 Å². The first-order valence-electron chi connectivity index (χ1n) is 7.59. The van der Waals surface area contributed by atoms with Crippen molar-refractivity contribution >= 4 is 5.91 Å². The van der Waals surface area contributed by atoms with Crippen LogP contribution >= 0.6 is 0 Å². The zero-order valence-electron chi connectivity index (χ0n) is 13.4. The molecule has 1 aromatic heterocycles. The predicted octanol–water partition coefficient (Wildman–Crippen LogP) is 2.10. The number of aromatic nitrogens is 2. The van der Waals surface area contributed by atoms with E-state index in [9.17, 15) is 4.79 Å². The van der Waals surface area contributed by atoms with E-state index in [2.05, 4.69) is 5.10 Å². The Morgan fingerprint density at radius 3 is 2.59 bits per heavy atom. The molecule has 0 bridgehead atoms. The standard InChI is InChI=1S/C17H24N4O/c1-4-21(12-14-10-19-20(3)11-14)17(22)13(2)16(18)15-8-6-5-7-9-15/h5-11,13,16H,4,12,18H2,1-3H3. The summed E-state index contributed by atoms with van der Waals surface area (Å²) >= 11 is 0. The Morgan fingerprint density at radius 1 is 1.36 bits per heavy atom. The van der Waals surface area contributed by atoms with Crippen molar-refractivity contribution in [3.05, 3.63) is 53.9 Å². The van der Waals surface area contributed by atoms with Crippen LogP contribution in [-0.4, -0.2) is 27.1 Å². The molecule has 0 saturated carbocycles. The summed E-state index contributed by atoms with van der Waals surface area (Å²) < 4.78 is 1.74. The zero-order chi connectivity index (χ0) is 16.1. The van der Waals surface area contributed by atoms with Crippen LogP contribution in [0.1, 0.15) is 31.0 Å². The second kappa shape index (κ2) is 7.22. The minimum absolute atomic E-state index is 0.0720. The molecule has 2 unspecified atom stereocenters. The molecule has 0 spiro atoms. The molecule has 1 amide bonds. The SMILES string of the molecule is CCN(Cc1cnn(C)c1)C(=O)C(C)C(N)c1ccccc1. The van der Waals surface area contributed by atoms with E-state index in [1.165, 1.54) is 0 Å². The van der Waals surface area contributed by atoms with Crippen LogP contribution in [0.3, 0.4) is 0 Å². The number of carbonyl (C=O) groups is 1. The van der Waals surface area contributed by atoms with Gasteiger partial charge < -0.3 is 10.6 Å². The first-order chi connectivity index (χ1) is 10.5. The lowest BCUT2D eigenvalue weighted by atomic mass is 9.94. The third-order valence-electron chi connectivity index (χ3n) is 3.94. The maximum atomic E-state index is 12.7. The second-order valence-corrected chi connectivity index (χ2v) is 5.60. The maximum Gasteiger partial charge on any atom is 0.227 e. The number of hydrogen-bond donors (Lipinski definition) is 1. The zero-order valence-corrected chi connectivity index (χ0v) is 13.4. The van der Waals surface area contributed by atoms with Crippen molar-refractivity contribution in [1.82, 2.24) is 14.7 Å². The average Bonchev–Trinajstić information content (AvgIpc) is 2.96. The van der Waals surface area contributed by atoms with Gasteiger partial charge in [0.1, 0.15) is 0 Å². The van der Waals surface area contributed by atoms with E-state index >= 15 is 0 Å². The summed E-state index contributed by atoms with van der Waals surface area (Å²) in [5.74, 6) is -0.193. The number of rotatable bonds is 6. The molecule has 2 atom stereocenters. The average molecular weight is 300 g/mol. The molecule has 1 heterocycles. The monoisotopic (exact) mass is 300 g/mol. The Kier molecular flexibility index (Phi) is 5.33. The molecule has 22 heavy (non-hydrogen) atoms. The van der Waals surface area contributed by atoms with Gasteiger partial charge in [0.05, 0.1) is 12.1 Å². The predicted molar refractivity (Wildman–Crippen MR) is 86.8 cm³/mol. The highest BCUT2D eigenvalue weighted by Gasteiger charge is 2.26. The third kappa shape index (κ3) is 3.74. The van der Waals surface area contributed by atoms with Crippen LogP contribution in [0, 0.1) is 5.92 Å². The highest BCUT2D eigenvalue weighted by molar-refractivity contribution is 5.79. The van der Waals surface area contributed by atoms with Crippen LogP contribution in [0.5, 0.6) is 0 Å². The lowest BCUT2D eigenvalue weighted by Crippen LogP contribution is -2.38. The number of nitrogens with two attached hydrogens (primary N) is 1. The first kappa shape index (κ1) is 16.2. The van der Waals surface area contributed by atoms with Gasteiger partial charge >= 0.3 is 0 Å². The molecular weight excluding hydrogens is 276 g/mol. The van der Waals surface area contributed by atoms with E-state index in [0.717, 1.165) is 11.1 Å². The van der Waals surface area contributed by atoms with Gasteiger partial charge in [-0.05, 0) is 12.5 Å². The van der Waals surface area contributed by atoms with Crippen molar-refractivity contribution < 1.29 is 4.79 Å². The van der Waals surface area contributed by atoms with Crippen molar-refractivity contribution in [3.63, 3.8) is 0 Å². The fourth-order valence-electron chi connectivity index (χ4n) is 2.52. The molecule has 5 heteroatoms. The van der Waals surface area contributed by atoms with Gasteiger partial charge in [-0.25, -0.2) is 0 Å². The van der Waals surface area contributed by atoms with Gasteiger partial charge in [-0.2, -0.15) is 5.10 Å². The van der Waals surface area contributed by atoms with Crippen LogP contribution in [0.15, 0.2) is 42.7 Å². The van der Waals surface area contributed by atoms with Crippen molar-refractivity contribution in [3.8, 4) is 0 Å². The molecule has 0 saturated heterocycles. The summed E-state index contributed by atoms with van der Waals surface area (Å²) in [6.45, 7) is 5.09. The van der Waals surface area contributed by atoms with Gasteiger partial charge in [-0.3, -0.25) is 9.48 Å². The van der Waals surface area contributed by atoms with Crippen LogP contribution in [0.25, 0.3) is 0 Å². The molecule has 1 aromatic carbocycles.